The molecule has 0 spiro atoms. The van der Waals surface area contributed by atoms with E-state index < -0.39 is 0 Å². The number of carbonyl (C=O) groups excluding carboxylic acids is 1. The van der Waals surface area contributed by atoms with E-state index in [1.165, 1.54) is 17.8 Å². The lowest BCUT2D eigenvalue weighted by Crippen LogP contribution is -2.38. The fourth-order valence-corrected chi connectivity index (χ4v) is 5.25. The molecule has 1 atom stereocenters. The molecule has 0 aliphatic carbocycles. The minimum absolute atomic E-state index is 0.148. The number of thiophene rings is 1. The van der Waals surface area contributed by atoms with Crippen molar-refractivity contribution in [2.24, 2.45) is 0 Å². The van der Waals surface area contributed by atoms with E-state index in [1.54, 1.807) is 12.4 Å². The molecule has 30 heavy (non-hydrogen) atoms. The topological polar surface area (TPSA) is 76.6 Å². The molecule has 4 heterocycles. The van der Waals surface area contributed by atoms with Crippen molar-refractivity contribution < 1.29 is 14.3 Å². The normalized spacial score (nSPS) is 18.5. The van der Waals surface area contributed by atoms with E-state index in [2.05, 4.69) is 27.1 Å². The number of rotatable bonds is 3. The highest BCUT2D eigenvalue weighted by molar-refractivity contribution is 7.20. The monoisotopic (exact) mass is 424 g/mol. The van der Waals surface area contributed by atoms with Gasteiger partial charge in [-0.25, -0.2) is 9.97 Å². The summed E-state index contributed by atoms with van der Waals surface area (Å²) in [6, 6.07) is 5.89. The number of nitrogens with one attached hydrogen (secondary N) is 1. The van der Waals surface area contributed by atoms with Crippen LogP contribution in [0.3, 0.4) is 0 Å². The summed E-state index contributed by atoms with van der Waals surface area (Å²) in [5, 5.41) is 3.98. The number of fused-ring (bicyclic) bond motifs is 2. The molecule has 156 valence electrons. The SMILES string of the molecule is Cc1c(C(=O)Nc2ccc3c(c2)OCCO3)sc2ncnc(N3CCCC[C@@H]3C)c12. The van der Waals surface area contributed by atoms with Gasteiger partial charge in [-0.3, -0.25) is 4.79 Å². The van der Waals surface area contributed by atoms with Gasteiger partial charge in [-0.05, 0) is 50.8 Å². The Morgan fingerprint density at radius 1 is 1.20 bits per heavy atom. The lowest BCUT2D eigenvalue weighted by Gasteiger charge is -2.34. The van der Waals surface area contributed by atoms with Crippen molar-refractivity contribution in [1.29, 1.82) is 0 Å². The lowest BCUT2D eigenvalue weighted by molar-refractivity contribution is 0.103. The molecule has 1 N–H and O–H groups in total. The Morgan fingerprint density at radius 3 is 2.87 bits per heavy atom. The molecule has 0 unspecified atom stereocenters. The van der Waals surface area contributed by atoms with E-state index in [1.807, 2.05) is 19.1 Å². The molecular weight excluding hydrogens is 400 g/mol. The Labute approximate surface area is 179 Å². The molecule has 7 nitrogen and oxygen atoms in total. The molecule has 5 rings (SSSR count). The van der Waals surface area contributed by atoms with Gasteiger partial charge in [-0.1, -0.05) is 0 Å². The van der Waals surface area contributed by atoms with Gasteiger partial charge in [-0.15, -0.1) is 11.3 Å². The second-order valence-electron chi connectivity index (χ2n) is 7.78. The van der Waals surface area contributed by atoms with Crippen LogP contribution in [0.25, 0.3) is 10.2 Å². The van der Waals surface area contributed by atoms with Crippen molar-refractivity contribution in [3.05, 3.63) is 35.0 Å². The van der Waals surface area contributed by atoms with Gasteiger partial charge >= 0.3 is 0 Å². The van der Waals surface area contributed by atoms with Crippen LogP contribution < -0.4 is 19.7 Å². The zero-order valence-electron chi connectivity index (χ0n) is 17.1. The number of piperidine rings is 1. The molecule has 2 aliphatic rings. The van der Waals surface area contributed by atoms with Gasteiger partial charge in [0.1, 0.15) is 30.2 Å². The summed E-state index contributed by atoms with van der Waals surface area (Å²) < 4.78 is 11.2. The number of hydrogen-bond donors (Lipinski definition) is 1. The van der Waals surface area contributed by atoms with E-state index in [0.29, 0.717) is 41.3 Å². The van der Waals surface area contributed by atoms with Crippen LogP contribution in [-0.4, -0.2) is 41.7 Å². The van der Waals surface area contributed by atoms with Crippen molar-refractivity contribution in [1.82, 2.24) is 9.97 Å². The smallest absolute Gasteiger partial charge is 0.266 e. The van der Waals surface area contributed by atoms with E-state index in [-0.39, 0.29) is 5.91 Å². The van der Waals surface area contributed by atoms with Crippen LogP contribution in [0.4, 0.5) is 11.5 Å². The highest BCUT2D eigenvalue weighted by Gasteiger charge is 2.26. The summed E-state index contributed by atoms with van der Waals surface area (Å²) in [6.45, 7) is 6.26. The Morgan fingerprint density at radius 2 is 2.03 bits per heavy atom. The van der Waals surface area contributed by atoms with E-state index >= 15 is 0 Å². The molecule has 8 heteroatoms. The van der Waals surface area contributed by atoms with Gasteiger partial charge in [0, 0.05) is 24.3 Å². The number of aromatic nitrogens is 2. The maximum absolute atomic E-state index is 13.1. The molecule has 1 aromatic carbocycles. The second kappa shape index (κ2) is 7.75. The first-order valence-electron chi connectivity index (χ1n) is 10.3. The molecule has 2 aromatic heterocycles. The average molecular weight is 425 g/mol. The number of ether oxygens (including phenoxy) is 2. The summed E-state index contributed by atoms with van der Waals surface area (Å²) in [5.74, 6) is 2.15. The van der Waals surface area contributed by atoms with Crippen LogP contribution in [0.5, 0.6) is 11.5 Å². The third-order valence-corrected chi connectivity index (χ3v) is 6.99. The van der Waals surface area contributed by atoms with E-state index in [4.69, 9.17) is 9.47 Å². The number of amides is 1. The summed E-state index contributed by atoms with van der Waals surface area (Å²) in [5.41, 5.74) is 1.61. The summed E-state index contributed by atoms with van der Waals surface area (Å²) in [6.07, 6.45) is 5.18. The Bertz CT molecular complexity index is 1110. The highest BCUT2D eigenvalue weighted by atomic mass is 32.1. The maximum Gasteiger partial charge on any atom is 0.266 e. The zero-order valence-corrected chi connectivity index (χ0v) is 17.9. The summed E-state index contributed by atoms with van der Waals surface area (Å²) in [7, 11) is 0. The van der Waals surface area contributed by atoms with Gasteiger partial charge in [0.2, 0.25) is 0 Å². The standard InChI is InChI=1S/C22H24N4O3S/c1-13-5-3-4-8-26(13)20-18-14(2)19(30-22(18)24-12-23-20)21(27)25-15-6-7-16-17(11-15)29-10-9-28-16/h6-7,11-13H,3-5,8-10H2,1-2H3,(H,25,27)/t13-/m0/s1. The first kappa shape index (κ1) is 19.1. The lowest BCUT2D eigenvalue weighted by atomic mass is 10.0. The molecular formula is C22H24N4O3S. The minimum atomic E-state index is -0.148. The van der Waals surface area contributed by atoms with E-state index in [9.17, 15) is 4.79 Å². The number of aryl methyl sites for hydroxylation is 1. The Kier molecular flexibility index (Phi) is 4.94. The number of benzene rings is 1. The summed E-state index contributed by atoms with van der Waals surface area (Å²) >= 11 is 1.41. The first-order chi connectivity index (χ1) is 14.6. The largest absolute Gasteiger partial charge is 0.486 e. The number of carbonyl (C=O) groups is 1. The first-order valence-corrected chi connectivity index (χ1v) is 11.1. The van der Waals surface area contributed by atoms with Gasteiger partial charge < -0.3 is 19.7 Å². The van der Waals surface area contributed by atoms with Crippen molar-refractivity contribution in [2.75, 3.05) is 30.0 Å². The van der Waals surface area contributed by atoms with Crippen LogP contribution >= 0.6 is 11.3 Å². The molecule has 0 saturated carbocycles. The van der Waals surface area contributed by atoms with Crippen LogP contribution in [0.2, 0.25) is 0 Å². The third kappa shape index (κ3) is 3.35. The Balaban J connectivity index is 1.46. The van der Waals surface area contributed by atoms with Crippen molar-refractivity contribution in [3.63, 3.8) is 0 Å². The number of hydrogen-bond acceptors (Lipinski definition) is 7. The molecule has 1 saturated heterocycles. The molecule has 3 aromatic rings. The van der Waals surface area contributed by atoms with Crippen LogP contribution in [0.1, 0.15) is 41.4 Å². The predicted octanol–water partition coefficient (Wildman–Crippen LogP) is 4.40. The van der Waals surface area contributed by atoms with Crippen LogP contribution in [0, 0.1) is 6.92 Å². The summed E-state index contributed by atoms with van der Waals surface area (Å²) in [4.78, 5) is 26.0. The quantitative estimate of drug-likeness (QED) is 0.672. The van der Waals surface area contributed by atoms with Gasteiger partial charge in [0.25, 0.3) is 5.91 Å². The van der Waals surface area contributed by atoms with Crippen LogP contribution in [-0.2, 0) is 0 Å². The van der Waals surface area contributed by atoms with Gasteiger partial charge in [0.15, 0.2) is 11.5 Å². The molecule has 1 amide bonds. The van der Waals surface area contributed by atoms with Gasteiger partial charge in [-0.2, -0.15) is 0 Å². The van der Waals surface area contributed by atoms with Crippen molar-refractivity contribution >= 4 is 39.0 Å². The highest BCUT2D eigenvalue weighted by Crippen LogP contribution is 2.38. The zero-order chi connectivity index (χ0) is 20.7. The predicted molar refractivity (Wildman–Crippen MR) is 118 cm³/mol. The molecule has 0 radical (unpaired) electrons. The fourth-order valence-electron chi connectivity index (χ4n) is 4.21. The Hall–Kier alpha value is -2.87. The van der Waals surface area contributed by atoms with Crippen molar-refractivity contribution in [2.45, 2.75) is 39.2 Å². The van der Waals surface area contributed by atoms with Crippen LogP contribution in [0.15, 0.2) is 24.5 Å². The van der Waals surface area contributed by atoms with Gasteiger partial charge in [0.05, 0.1) is 10.3 Å². The second-order valence-corrected chi connectivity index (χ2v) is 8.78. The third-order valence-electron chi connectivity index (χ3n) is 5.79. The molecule has 2 aliphatic heterocycles. The molecule has 1 fully saturated rings. The number of nitrogens with zero attached hydrogens (tertiary/aromatic N) is 3. The maximum atomic E-state index is 13.1. The molecule has 0 bridgehead atoms. The van der Waals surface area contributed by atoms with Crippen molar-refractivity contribution in [3.8, 4) is 11.5 Å². The number of anilines is 2. The minimum Gasteiger partial charge on any atom is -0.486 e. The van der Waals surface area contributed by atoms with E-state index in [0.717, 1.165) is 41.0 Å². The fraction of sp³-hybridized carbons (Fsp3) is 0.409. The average Bonchev–Trinajstić information content (AvgIpc) is 3.11.